The van der Waals surface area contributed by atoms with Crippen LogP contribution in [0.1, 0.15) is 40.4 Å². The summed E-state index contributed by atoms with van der Waals surface area (Å²) in [4.78, 5) is 34.7. The highest BCUT2D eigenvalue weighted by molar-refractivity contribution is 7.22. The molecule has 0 atom stereocenters. The minimum atomic E-state index is -0.148. The minimum Gasteiger partial charge on any atom is -0.375 e. The molecule has 0 bridgehead atoms. The van der Waals surface area contributed by atoms with Crippen LogP contribution >= 0.6 is 11.3 Å². The van der Waals surface area contributed by atoms with Gasteiger partial charge in [-0.3, -0.25) is 14.5 Å². The number of fused-ring (bicyclic) bond motifs is 2. The summed E-state index contributed by atoms with van der Waals surface area (Å²) in [6.07, 6.45) is 3.94. The number of benzene rings is 3. The van der Waals surface area contributed by atoms with E-state index < -0.39 is 0 Å². The summed E-state index contributed by atoms with van der Waals surface area (Å²) >= 11 is 1.40. The second-order valence-corrected chi connectivity index (χ2v) is 10.9. The Balaban J connectivity index is 1.08. The highest BCUT2D eigenvalue weighted by Gasteiger charge is 2.15. The third kappa shape index (κ3) is 5.34. The fourth-order valence-corrected chi connectivity index (χ4v) is 5.86. The first kappa shape index (κ1) is 25.0. The zero-order valence-corrected chi connectivity index (χ0v) is 22.5. The van der Waals surface area contributed by atoms with E-state index in [9.17, 15) is 9.59 Å². The largest absolute Gasteiger partial charge is 0.375 e. The topological polar surface area (TPSA) is 104 Å². The van der Waals surface area contributed by atoms with E-state index in [0.29, 0.717) is 10.7 Å². The van der Waals surface area contributed by atoms with Crippen molar-refractivity contribution in [3.05, 3.63) is 105 Å². The van der Waals surface area contributed by atoms with Crippen molar-refractivity contribution in [1.29, 1.82) is 0 Å². The number of hydrogen-bond acceptors (Lipinski definition) is 6. The second-order valence-electron chi connectivity index (χ2n) is 9.88. The number of aromatic nitrogens is 2. The summed E-state index contributed by atoms with van der Waals surface area (Å²) in [6, 6.07) is 21.7. The number of amides is 1. The average Bonchev–Trinajstić information content (AvgIpc) is 3.32. The maximum absolute atomic E-state index is 12.8. The molecular weight excluding hydrogens is 506 g/mol. The Morgan fingerprint density at radius 1 is 1.10 bits per heavy atom. The monoisotopic (exact) mass is 535 g/mol. The van der Waals surface area contributed by atoms with Crippen LogP contribution in [0.4, 0.5) is 10.8 Å². The van der Waals surface area contributed by atoms with Crippen molar-refractivity contribution in [2.75, 3.05) is 24.1 Å². The number of aromatic amines is 1. The van der Waals surface area contributed by atoms with Gasteiger partial charge in [-0.1, -0.05) is 48.6 Å². The number of nitrogens with one attached hydrogen (secondary N) is 2. The Hall–Kier alpha value is -4.27. The zero-order valence-electron chi connectivity index (χ0n) is 21.7. The molecule has 0 fully saturated rings. The van der Waals surface area contributed by atoms with E-state index in [2.05, 4.69) is 44.5 Å². The molecule has 0 saturated carbocycles. The molecule has 6 rings (SSSR count). The molecule has 7 nitrogen and oxygen atoms in total. The van der Waals surface area contributed by atoms with E-state index >= 15 is 0 Å². The first-order valence-corrected chi connectivity index (χ1v) is 13.9. The van der Waals surface area contributed by atoms with Gasteiger partial charge in [-0.2, -0.15) is 0 Å². The van der Waals surface area contributed by atoms with Crippen molar-refractivity contribution in [2.45, 2.75) is 26.3 Å². The van der Waals surface area contributed by atoms with E-state index in [1.807, 2.05) is 55.5 Å². The van der Waals surface area contributed by atoms with E-state index in [0.717, 1.165) is 70.4 Å². The number of carbonyl (C=O) groups is 1. The summed E-state index contributed by atoms with van der Waals surface area (Å²) in [5.74, 6) is -0.148. The van der Waals surface area contributed by atoms with Gasteiger partial charge in [0.15, 0.2) is 5.13 Å². The standard InChI is InChI=1S/C31H29N5O2S/c1-2-20-16-24-4-3-19(15-27(24)34-29(20)37)18-36-13-11-22(12-14-36)21-5-7-23(8-6-21)30(38)33-25-9-10-26-28(17-25)39-31(32)35-26/h3-11,15-17H,2,12-14,18H2,1H3,(H2,32,35)(H,33,38)(H,34,37). The van der Waals surface area contributed by atoms with Gasteiger partial charge in [0.05, 0.1) is 10.2 Å². The van der Waals surface area contributed by atoms with Crippen molar-refractivity contribution < 1.29 is 4.79 Å². The number of thiazole rings is 1. The summed E-state index contributed by atoms with van der Waals surface area (Å²) in [5, 5.41) is 4.55. The molecule has 0 saturated heterocycles. The van der Waals surface area contributed by atoms with Crippen molar-refractivity contribution in [1.82, 2.24) is 14.9 Å². The fourth-order valence-electron chi connectivity index (χ4n) is 5.09. The smallest absolute Gasteiger partial charge is 0.255 e. The number of H-pyrrole nitrogens is 1. The summed E-state index contributed by atoms with van der Waals surface area (Å²) in [5.41, 5.74) is 13.3. The number of carbonyl (C=O) groups excluding carboxylic acids is 1. The lowest BCUT2D eigenvalue weighted by Crippen LogP contribution is -2.28. The molecule has 39 heavy (non-hydrogen) atoms. The molecule has 8 heteroatoms. The van der Waals surface area contributed by atoms with Crippen LogP contribution in [0.5, 0.6) is 0 Å². The zero-order chi connectivity index (χ0) is 26.9. The van der Waals surface area contributed by atoms with E-state index in [4.69, 9.17) is 5.73 Å². The summed E-state index contributed by atoms with van der Waals surface area (Å²) in [7, 11) is 0. The lowest BCUT2D eigenvalue weighted by Gasteiger charge is -2.26. The van der Waals surface area contributed by atoms with Crippen molar-refractivity contribution >= 4 is 54.8 Å². The normalized spacial score (nSPS) is 14.0. The molecule has 196 valence electrons. The predicted octanol–water partition coefficient (Wildman–Crippen LogP) is 5.82. The van der Waals surface area contributed by atoms with Gasteiger partial charge < -0.3 is 16.0 Å². The average molecular weight is 536 g/mol. The highest BCUT2D eigenvalue weighted by atomic mass is 32.1. The molecular formula is C31H29N5O2S. The third-order valence-electron chi connectivity index (χ3n) is 7.25. The number of nitrogens with two attached hydrogens (primary N) is 1. The molecule has 0 aliphatic carbocycles. The van der Waals surface area contributed by atoms with Gasteiger partial charge in [0.25, 0.3) is 11.5 Å². The Morgan fingerprint density at radius 3 is 2.72 bits per heavy atom. The molecule has 5 aromatic rings. The number of hydrogen-bond donors (Lipinski definition) is 3. The van der Waals surface area contributed by atoms with Crippen LogP contribution in [-0.2, 0) is 13.0 Å². The third-order valence-corrected chi connectivity index (χ3v) is 8.10. The lowest BCUT2D eigenvalue weighted by atomic mass is 9.98. The molecule has 1 amide bonds. The Morgan fingerprint density at radius 2 is 1.95 bits per heavy atom. The van der Waals surface area contributed by atoms with Crippen LogP contribution in [-0.4, -0.2) is 33.9 Å². The SMILES string of the molecule is CCc1cc2ccc(CN3CC=C(c4ccc(C(=O)Nc5ccc6nc(N)sc6c5)cc4)CC3)cc2[nH]c1=O. The van der Waals surface area contributed by atoms with Crippen LogP contribution < -0.4 is 16.6 Å². The number of rotatable bonds is 6. The quantitative estimate of drug-likeness (QED) is 0.254. The summed E-state index contributed by atoms with van der Waals surface area (Å²) < 4.78 is 0.944. The fraction of sp³-hybridized carbons (Fsp3) is 0.194. The second kappa shape index (κ2) is 10.5. The maximum Gasteiger partial charge on any atom is 0.255 e. The number of nitrogen functional groups attached to an aromatic ring is 1. The van der Waals surface area contributed by atoms with Crippen LogP contribution in [0.15, 0.2) is 77.6 Å². The van der Waals surface area contributed by atoms with Crippen LogP contribution in [0.2, 0.25) is 0 Å². The summed E-state index contributed by atoms with van der Waals surface area (Å²) in [6.45, 7) is 4.63. The first-order chi connectivity index (χ1) is 18.9. The molecule has 3 aromatic carbocycles. The van der Waals surface area contributed by atoms with Crippen LogP contribution in [0, 0.1) is 0 Å². The predicted molar refractivity (Wildman–Crippen MR) is 160 cm³/mol. The van der Waals surface area contributed by atoms with Gasteiger partial charge in [-0.15, -0.1) is 0 Å². The van der Waals surface area contributed by atoms with E-state index in [-0.39, 0.29) is 11.5 Å². The molecule has 0 radical (unpaired) electrons. The maximum atomic E-state index is 12.8. The van der Waals surface area contributed by atoms with Crippen molar-refractivity contribution in [2.24, 2.45) is 0 Å². The van der Waals surface area contributed by atoms with E-state index in [1.165, 1.54) is 22.5 Å². The lowest BCUT2D eigenvalue weighted by molar-refractivity contribution is 0.102. The molecule has 0 spiro atoms. The minimum absolute atomic E-state index is 0.000705. The number of pyridine rings is 1. The Kier molecular flexibility index (Phi) is 6.72. The molecule has 4 N–H and O–H groups in total. The highest BCUT2D eigenvalue weighted by Crippen LogP contribution is 2.27. The molecule has 1 aliphatic heterocycles. The van der Waals surface area contributed by atoms with Crippen LogP contribution in [0.3, 0.4) is 0 Å². The van der Waals surface area contributed by atoms with Gasteiger partial charge in [0, 0.05) is 42.0 Å². The number of anilines is 2. The molecule has 2 aromatic heterocycles. The van der Waals surface area contributed by atoms with E-state index in [1.54, 1.807) is 0 Å². The van der Waals surface area contributed by atoms with Crippen molar-refractivity contribution in [3.63, 3.8) is 0 Å². The van der Waals surface area contributed by atoms with Gasteiger partial charge in [0.1, 0.15) is 0 Å². The van der Waals surface area contributed by atoms with Gasteiger partial charge in [0.2, 0.25) is 0 Å². The molecule has 0 unspecified atom stereocenters. The molecule has 3 heterocycles. The number of nitrogens with zero attached hydrogens (tertiary/aromatic N) is 2. The Bertz CT molecular complexity index is 1790. The van der Waals surface area contributed by atoms with Crippen molar-refractivity contribution in [3.8, 4) is 0 Å². The number of aryl methyl sites for hydroxylation is 1. The van der Waals surface area contributed by atoms with Gasteiger partial charge >= 0.3 is 0 Å². The first-order valence-electron chi connectivity index (χ1n) is 13.1. The van der Waals surface area contributed by atoms with Crippen LogP contribution in [0.25, 0.3) is 26.7 Å². The van der Waals surface area contributed by atoms with Gasteiger partial charge in [-0.05, 0) is 77.4 Å². The van der Waals surface area contributed by atoms with Gasteiger partial charge in [-0.25, -0.2) is 4.98 Å². The Labute approximate surface area is 230 Å². The molecule has 1 aliphatic rings.